The molecule has 1 aromatic rings. The predicted molar refractivity (Wildman–Crippen MR) is 72.3 cm³/mol. The van der Waals surface area contributed by atoms with E-state index >= 15 is 0 Å². The van der Waals surface area contributed by atoms with Crippen molar-refractivity contribution in [1.29, 1.82) is 0 Å². The molecule has 0 aliphatic carbocycles. The third-order valence-corrected chi connectivity index (χ3v) is 3.08. The third kappa shape index (κ3) is 3.37. The normalized spacial score (nSPS) is 15.2. The zero-order chi connectivity index (χ0) is 12.0. The van der Waals surface area contributed by atoms with Gasteiger partial charge in [-0.1, -0.05) is 39.3 Å². The van der Waals surface area contributed by atoms with Crippen LogP contribution in [0.4, 0.5) is 11.4 Å². The molecular weight excluding hydrogens is 196 g/mol. The number of hydrogen-bond acceptors (Lipinski definition) is 2. The summed E-state index contributed by atoms with van der Waals surface area (Å²) in [6, 6.07) is 7.73. The molecular formula is C14H22N2. The molecule has 1 unspecified atom stereocenters. The van der Waals surface area contributed by atoms with Crippen molar-refractivity contribution in [2.75, 3.05) is 5.73 Å². The van der Waals surface area contributed by atoms with Crippen molar-refractivity contribution in [2.45, 2.75) is 40.0 Å². The van der Waals surface area contributed by atoms with Gasteiger partial charge in [-0.15, -0.1) is 0 Å². The van der Waals surface area contributed by atoms with Crippen molar-refractivity contribution in [3.63, 3.8) is 0 Å². The summed E-state index contributed by atoms with van der Waals surface area (Å²) in [5.74, 6) is 0. The maximum Gasteiger partial charge on any atom is 0.0855 e. The molecule has 0 spiro atoms. The molecule has 0 aliphatic rings. The maximum absolute atomic E-state index is 5.85. The predicted octanol–water partition coefficient (Wildman–Crippen LogP) is 4.19. The number of anilines is 1. The minimum Gasteiger partial charge on any atom is -0.397 e. The summed E-state index contributed by atoms with van der Waals surface area (Å²) in [4.78, 5) is 4.52. The third-order valence-electron chi connectivity index (χ3n) is 3.08. The molecule has 1 atom stereocenters. The molecule has 0 aliphatic heterocycles. The highest BCUT2D eigenvalue weighted by atomic mass is 14.8. The van der Waals surface area contributed by atoms with Gasteiger partial charge in [0.15, 0.2) is 0 Å². The van der Waals surface area contributed by atoms with Crippen molar-refractivity contribution >= 4 is 17.6 Å². The molecule has 0 radical (unpaired) electrons. The Morgan fingerprint density at radius 3 is 2.56 bits per heavy atom. The number of nitrogens with zero attached hydrogens (tertiary/aromatic N) is 1. The van der Waals surface area contributed by atoms with Crippen LogP contribution in [-0.4, -0.2) is 6.21 Å². The summed E-state index contributed by atoms with van der Waals surface area (Å²) < 4.78 is 0. The molecule has 2 heteroatoms. The molecule has 0 heterocycles. The van der Waals surface area contributed by atoms with Crippen LogP contribution in [0.15, 0.2) is 29.3 Å². The second kappa shape index (κ2) is 5.69. The summed E-state index contributed by atoms with van der Waals surface area (Å²) >= 11 is 0. The number of para-hydroxylation sites is 2. The zero-order valence-corrected chi connectivity index (χ0v) is 10.5. The van der Waals surface area contributed by atoms with Crippen LogP contribution in [0, 0.1) is 5.41 Å². The van der Waals surface area contributed by atoms with Crippen LogP contribution in [0.5, 0.6) is 0 Å². The topological polar surface area (TPSA) is 38.4 Å². The number of rotatable bonds is 5. The molecule has 0 saturated heterocycles. The van der Waals surface area contributed by atoms with Crippen LogP contribution in [0.2, 0.25) is 0 Å². The molecule has 2 N–H and O–H groups in total. The lowest BCUT2D eigenvalue weighted by atomic mass is 9.84. The molecule has 0 bridgehead atoms. The Kier molecular flexibility index (Phi) is 4.53. The van der Waals surface area contributed by atoms with Gasteiger partial charge in [-0.3, -0.25) is 4.99 Å². The number of benzene rings is 1. The molecule has 0 saturated carbocycles. The fourth-order valence-electron chi connectivity index (χ4n) is 1.73. The van der Waals surface area contributed by atoms with E-state index in [-0.39, 0.29) is 5.41 Å². The first kappa shape index (κ1) is 12.8. The fraction of sp³-hybridized carbons (Fsp3) is 0.500. The number of hydrogen-bond donors (Lipinski definition) is 1. The van der Waals surface area contributed by atoms with Crippen molar-refractivity contribution in [1.82, 2.24) is 0 Å². The van der Waals surface area contributed by atoms with E-state index in [1.165, 1.54) is 12.8 Å². The molecule has 88 valence electrons. The van der Waals surface area contributed by atoms with Gasteiger partial charge in [-0.2, -0.15) is 0 Å². The quantitative estimate of drug-likeness (QED) is 0.584. The van der Waals surface area contributed by atoms with E-state index in [4.69, 9.17) is 5.73 Å². The van der Waals surface area contributed by atoms with Gasteiger partial charge in [0.2, 0.25) is 0 Å². The second-order valence-electron chi connectivity index (χ2n) is 4.57. The smallest absolute Gasteiger partial charge is 0.0855 e. The summed E-state index contributed by atoms with van der Waals surface area (Å²) in [6.07, 6.45) is 5.51. The van der Waals surface area contributed by atoms with Gasteiger partial charge in [0.25, 0.3) is 0 Å². The first-order chi connectivity index (χ1) is 7.61. The van der Waals surface area contributed by atoms with E-state index in [1.807, 2.05) is 24.3 Å². The summed E-state index contributed by atoms with van der Waals surface area (Å²) in [5.41, 5.74) is 7.66. The monoisotopic (exact) mass is 218 g/mol. The lowest BCUT2D eigenvalue weighted by molar-refractivity contribution is 0.417. The highest BCUT2D eigenvalue weighted by Crippen LogP contribution is 2.27. The van der Waals surface area contributed by atoms with E-state index in [0.29, 0.717) is 0 Å². The largest absolute Gasteiger partial charge is 0.397 e. The standard InChI is InChI=1S/C14H22N2/c1-4-10-14(3,5-2)11-16-13-9-7-6-8-12(13)15/h6-9,11H,4-5,10,15H2,1-3H3. The molecule has 0 aromatic heterocycles. The SMILES string of the molecule is CCCC(C)(C=Nc1ccccc1N)CC. The molecule has 0 fully saturated rings. The van der Waals surface area contributed by atoms with Gasteiger partial charge in [0, 0.05) is 11.6 Å². The Bertz CT molecular complexity index is 358. The van der Waals surface area contributed by atoms with Crippen LogP contribution in [0.25, 0.3) is 0 Å². The highest BCUT2D eigenvalue weighted by Gasteiger charge is 2.17. The van der Waals surface area contributed by atoms with Crippen molar-refractivity contribution in [2.24, 2.45) is 10.4 Å². The van der Waals surface area contributed by atoms with Crippen LogP contribution in [-0.2, 0) is 0 Å². The molecule has 2 nitrogen and oxygen atoms in total. The van der Waals surface area contributed by atoms with Crippen LogP contribution >= 0.6 is 0 Å². The van der Waals surface area contributed by atoms with Crippen molar-refractivity contribution in [3.8, 4) is 0 Å². The Labute approximate surface area is 98.6 Å². The van der Waals surface area contributed by atoms with Gasteiger partial charge in [-0.05, 0) is 25.0 Å². The van der Waals surface area contributed by atoms with Crippen LogP contribution in [0.3, 0.4) is 0 Å². The number of nitrogen functional groups attached to an aromatic ring is 1. The van der Waals surface area contributed by atoms with Crippen molar-refractivity contribution < 1.29 is 0 Å². The van der Waals surface area contributed by atoms with Gasteiger partial charge in [0.1, 0.15) is 0 Å². The second-order valence-corrected chi connectivity index (χ2v) is 4.57. The average molecular weight is 218 g/mol. The van der Waals surface area contributed by atoms with Gasteiger partial charge < -0.3 is 5.73 Å². The fourth-order valence-corrected chi connectivity index (χ4v) is 1.73. The number of nitrogens with two attached hydrogens (primary N) is 1. The molecule has 1 rings (SSSR count). The zero-order valence-electron chi connectivity index (χ0n) is 10.5. The summed E-state index contributed by atoms with van der Waals surface area (Å²) in [6.45, 7) is 6.66. The van der Waals surface area contributed by atoms with E-state index in [0.717, 1.165) is 17.8 Å². The number of aliphatic imine (C=N–C) groups is 1. The maximum atomic E-state index is 5.85. The Balaban J connectivity index is 2.83. The Hall–Kier alpha value is -1.31. The van der Waals surface area contributed by atoms with Crippen molar-refractivity contribution in [3.05, 3.63) is 24.3 Å². The van der Waals surface area contributed by atoms with E-state index < -0.39 is 0 Å². The lowest BCUT2D eigenvalue weighted by Crippen LogP contribution is -2.16. The average Bonchev–Trinajstić information content (AvgIpc) is 2.28. The van der Waals surface area contributed by atoms with Gasteiger partial charge in [0.05, 0.1) is 11.4 Å². The Morgan fingerprint density at radius 1 is 1.31 bits per heavy atom. The summed E-state index contributed by atoms with van der Waals surface area (Å²) in [5, 5.41) is 0. The minimum atomic E-state index is 0.191. The molecule has 1 aromatic carbocycles. The Morgan fingerprint density at radius 2 is 2.00 bits per heavy atom. The summed E-state index contributed by atoms with van der Waals surface area (Å²) in [7, 11) is 0. The highest BCUT2D eigenvalue weighted by molar-refractivity contribution is 5.74. The lowest BCUT2D eigenvalue weighted by Gasteiger charge is -2.22. The van der Waals surface area contributed by atoms with Gasteiger partial charge >= 0.3 is 0 Å². The van der Waals surface area contributed by atoms with E-state index in [9.17, 15) is 0 Å². The van der Waals surface area contributed by atoms with E-state index in [1.54, 1.807) is 0 Å². The molecule has 0 amide bonds. The van der Waals surface area contributed by atoms with Crippen LogP contribution < -0.4 is 5.73 Å². The van der Waals surface area contributed by atoms with Gasteiger partial charge in [-0.25, -0.2) is 0 Å². The molecule has 16 heavy (non-hydrogen) atoms. The van der Waals surface area contributed by atoms with Crippen LogP contribution in [0.1, 0.15) is 40.0 Å². The first-order valence-corrected chi connectivity index (χ1v) is 6.01. The van der Waals surface area contributed by atoms with E-state index in [2.05, 4.69) is 32.0 Å². The minimum absolute atomic E-state index is 0.191. The first-order valence-electron chi connectivity index (χ1n) is 6.01.